The summed E-state index contributed by atoms with van der Waals surface area (Å²) in [6.07, 6.45) is 6.48. The van der Waals surface area contributed by atoms with Crippen molar-refractivity contribution >= 4 is 22.8 Å². The number of benzene rings is 1. The maximum Gasteiger partial charge on any atom is 0.189 e. The molecule has 2 heterocycles. The molecule has 0 N–H and O–H groups in total. The van der Waals surface area contributed by atoms with E-state index in [2.05, 4.69) is 5.10 Å². The summed E-state index contributed by atoms with van der Waals surface area (Å²) in [6, 6.07) is 7.77. The van der Waals surface area contributed by atoms with Gasteiger partial charge in [-0.1, -0.05) is 12.1 Å². The molecule has 0 radical (unpaired) electrons. The van der Waals surface area contributed by atoms with Crippen LogP contribution in [0, 0.1) is 0 Å². The zero-order valence-corrected chi connectivity index (χ0v) is 13.3. The lowest BCUT2D eigenvalue weighted by Gasteiger charge is -2.02. The van der Waals surface area contributed by atoms with Crippen molar-refractivity contribution in [3.05, 3.63) is 54.1 Å². The predicted molar refractivity (Wildman–Crippen MR) is 88.7 cm³/mol. The van der Waals surface area contributed by atoms with E-state index >= 15 is 0 Å². The molecule has 0 unspecified atom stereocenters. The quantitative estimate of drug-likeness (QED) is 0.525. The molecule has 0 fully saturated rings. The fourth-order valence-corrected chi connectivity index (χ4v) is 2.30. The number of nitrogens with zero attached hydrogens (tertiary/aromatic N) is 2. The average Bonchev–Trinajstić information content (AvgIpc) is 3.18. The summed E-state index contributed by atoms with van der Waals surface area (Å²) in [7, 11) is 1.60. The molecule has 0 aliphatic heterocycles. The number of rotatable bonds is 5. The number of hydrogen-bond donors (Lipinski definition) is 0. The summed E-state index contributed by atoms with van der Waals surface area (Å²) >= 11 is 0. The van der Waals surface area contributed by atoms with E-state index in [-0.39, 0.29) is 11.8 Å². The molecule has 0 aliphatic carbocycles. The smallest absolute Gasteiger partial charge is 0.189 e. The van der Waals surface area contributed by atoms with Crippen molar-refractivity contribution in [2.45, 2.75) is 19.9 Å². The molecule has 0 spiro atoms. The Bertz CT molecular complexity index is 871. The highest BCUT2D eigenvalue weighted by atomic mass is 16.5. The largest absolute Gasteiger partial charge is 0.493 e. The molecule has 23 heavy (non-hydrogen) atoms. The van der Waals surface area contributed by atoms with E-state index in [0.717, 1.165) is 5.39 Å². The number of furan rings is 1. The Balaban J connectivity index is 1.83. The molecular weight excluding hydrogens is 292 g/mol. The monoisotopic (exact) mass is 310 g/mol. The van der Waals surface area contributed by atoms with Crippen molar-refractivity contribution in [2.75, 3.05) is 7.11 Å². The number of aromatic nitrogens is 2. The third-order valence-electron chi connectivity index (χ3n) is 3.56. The van der Waals surface area contributed by atoms with Crippen molar-refractivity contribution in [1.29, 1.82) is 0 Å². The van der Waals surface area contributed by atoms with Crippen LogP contribution in [-0.2, 0) is 0 Å². The van der Waals surface area contributed by atoms with E-state index < -0.39 is 0 Å². The highest BCUT2D eigenvalue weighted by Gasteiger charge is 2.09. The van der Waals surface area contributed by atoms with Crippen LogP contribution < -0.4 is 4.74 Å². The van der Waals surface area contributed by atoms with Crippen LogP contribution in [0.15, 0.2) is 47.2 Å². The maximum absolute atomic E-state index is 12.2. The molecule has 5 nitrogen and oxygen atoms in total. The average molecular weight is 310 g/mol. The Hall–Kier alpha value is -2.82. The fraction of sp³-hybridized carbons (Fsp3) is 0.222. The third kappa shape index (κ3) is 3.04. The van der Waals surface area contributed by atoms with Gasteiger partial charge in [-0.05, 0) is 38.1 Å². The molecule has 0 amide bonds. The Morgan fingerprint density at radius 1 is 1.39 bits per heavy atom. The molecule has 118 valence electrons. The maximum atomic E-state index is 12.2. The summed E-state index contributed by atoms with van der Waals surface area (Å²) < 4.78 is 12.8. The predicted octanol–water partition coefficient (Wildman–Crippen LogP) is 4.11. The van der Waals surface area contributed by atoms with Crippen LogP contribution in [0.2, 0.25) is 0 Å². The number of ketones is 1. The van der Waals surface area contributed by atoms with Crippen LogP contribution in [0.5, 0.6) is 5.75 Å². The topological polar surface area (TPSA) is 57.3 Å². The van der Waals surface area contributed by atoms with Gasteiger partial charge in [0.2, 0.25) is 0 Å². The summed E-state index contributed by atoms with van der Waals surface area (Å²) in [5, 5.41) is 5.11. The van der Waals surface area contributed by atoms with Gasteiger partial charge in [-0.3, -0.25) is 9.48 Å². The third-order valence-corrected chi connectivity index (χ3v) is 3.56. The van der Waals surface area contributed by atoms with Gasteiger partial charge in [0.1, 0.15) is 5.76 Å². The first kappa shape index (κ1) is 15.1. The van der Waals surface area contributed by atoms with E-state index in [9.17, 15) is 4.79 Å². The highest BCUT2D eigenvalue weighted by Crippen LogP contribution is 2.28. The Labute approximate surface area is 134 Å². The highest BCUT2D eigenvalue weighted by molar-refractivity contribution is 6.06. The summed E-state index contributed by atoms with van der Waals surface area (Å²) in [4.78, 5) is 12.2. The van der Waals surface area contributed by atoms with Gasteiger partial charge < -0.3 is 9.15 Å². The SMILES string of the molecule is COc1cccc2cc(C=CC(=O)c3cnn(C(C)C)c3)oc12. The molecular formula is C18H18N2O3. The second-order valence-electron chi connectivity index (χ2n) is 5.53. The molecule has 3 aromatic rings. The van der Waals surface area contributed by atoms with Crippen LogP contribution in [0.1, 0.15) is 36.0 Å². The zero-order chi connectivity index (χ0) is 16.4. The summed E-state index contributed by atoms with van der Waals surface area (Å²) in [6.45, 7) is 4.03. The molecule has 0 saturated heterocycles. The number of allylic oxidation sites excluding steroid dienone is 1. The normalized spacial score (nSPS) is 11.7. The first-order chi connectivity index (χ1) is 11.1. The lowest BCUT2D eigenvalue weighted by Crippen LogP contribution is -2.00. The summed E-state index contributed by atoms with van der Waals surface area (Å²) in [5.74, 6) is 1.17. The number of para-hydroxylation sites is 1. The van der Waals surface area contributed by atoms with Crippen molar-refractivity contribution < 1.29 is 13.9 Å². The lowest BCUT2D eigenvalue weighted by molar-refractivity contribution is 0.104. The second kappa shape index (κ2) is 6.12. The van der Waals surface area contributed by atoms with Crippen LogP contribution in [0.4, 0.5) is 0 Å². The van der Waals surface area contributed by atoms with Gasteiger partial charge in [-0.15, -0.1) is 0 Å². The Morgan fingerprint density at radius 3 is 2.91 bits per heavy atom. The van der Waals surface area contributed by atoms with Crippen LogP contribution in [-0.4, -0.2) is 22.7 Å². The van der Waals surface area contributed by atoms with Crippen molar-refractivity contribution in [3.63, 3.8) is 0 Å². The van der Waals surface area contributed by atoms with Gasteiger partial charge >= 0.3 is 0 Å². The number of carbonyl (C=O) groups is 1. The molecule has 5 heteroatoms. The van der Waals surface area contributed by atoms with E-state index in [1.54, 1.807) is 30.3 Å². The second-order valence-corrected chi connectivity index (χ2v) is 5.53. The number of ether oxygens (including phenoxy) is 1. The number of hydrogen-bond acceptors (Lipinski definition) is 4. The Morgan fingerprint density at radius 2 is 2.22 bits per heavy atom. The minimum absolute atomic E-state index is 0.107. The van der Waals surface area contributed by atoms with Gasteiger partial charge in [0.25, 0.3) is 0 Å². The van der Waals surface area contributed by atoms with Crippen LogP contribution >= 0.6 is 0 Å². The first-order valence-electron chi connectivity index (χ1n) is 7.41. The zero-order valence-electron chi connectivity index (χ0n) is 13.3. The van der Waals surface area contributed by atoms with Crippen molar-refractivity contribution in [3.8, 4) is 5.75 Å². The molecule has 1 aromatic carbocycles. The first-order valence-corrected chi connectivity index (χ1v) is 7.41. The van der Waals surface area contributed by atoms with Gasteiger partial charge in [0, 0.05) is 17.6 Å². The number of fused-ring (bicyclic) bond motifs is 1. The van der Waals surface area contributed by atoms with Crippen LogP contribution in [0.3, 0.4) is 0 Å². The minimum atomic E-state index is -0.107. The van der Waals surface area contributed by atoms with E-state index in [1.165, 1.54) is 6.08 Å². The van der Waals surface area contributed by atoms with Gasteiger partial charge in [-0.25, -0.2) is 0 Å². The van der Waals surface area contributed by atoms with E-state index in [4.69, 9.17) is 9.15 Å². The summed E-state index contributed by atoms with van der Waals surface area (Å²) in [5.41, 5.74) is 1.23. The van der Waals surface area contributed by atoms with Gasteiger partial charge in [0.15, 0.2) is 17.1 Å². The van der Waals surface area contributed by atoms with Crippen molar-refractivity contribution in [2.24, 2.45) is 0 Å². The van der Waals surface area contributed by atoms with E-state index in [0.29, 0.717) is 22.7 Å². The fourth-order valence-electron chi connectivity index (χ4n) is 2.30. The van der Waals surface area contributed by atoms with Crippen molar-refractivity contribution in [1.82, 2.24) is 9.78 Å². The molecule has 0 aliphatic rings. The molecule has 0 bridgehead atoms. The molecule has 3 rings (SSSR count). The van der Waals surface area contributed by atoms with E-state index in [1.807, 2.05) is 38.1 Å². The number of carbonyl (C=O) groups excluding carboxylic acids is 1. The van der Waals surface area contributed by atoms with Crippen LogP contribution in [0.25, 0.3) is 17.0 Å². The molecule has 0 saturated carbocycles. The lowest BCUT2D eigenvalue weighted by atomic mass is 10.2. The standard InChI is InChI=1S/C18H18N2O3/c1-12(2)20-11-14(10-19-20)16(21)8-7-15-9-13-5-4-6-17(22-3)18(13)23-15/h4-12H,1-3H3. The molecule has 0 atom stereocenters. The van der Waals surface area contributed by atoms with Gasteiger partial charge in [0.05, 0.1) is 18.9 Å². The Kier molecular flexibility index (Phi) is 4.02. The minimum Gasteiger partial charge on any atom is -0.493 e. The molecule has 2 aromatic heterocycles. The number of methoxy groups -OCH3 is 1. The van der Waals surface area contributed by atoms with Gasteiger partial charge in [-0.2, -0.15) is 5.10 Å².